The first-order chi connectivity index (χ1) is 7.74. The molecular weight excluding hydrogens is 226 g/mol. The van der Waals surface area contributed by atoms with E-state index in [1.807, 2.05) is 0 Å². The highest BCUT2D eigenvalue weighted by atomic mass is 16.6. The van der Waals surface area contributed by atoms with Crippen molar-refractivity contribution >= 4 is 11.7 Å². The van der Waals surface area contributed by atoms with E-state index in [4.69, 9.17) is 5.11 Å². The number of carbonyl (C=O) groups is 1. The molecule has 0 aliphatic carbocycles. The number of aromatic hydroxyl groups is 1. The molecule has 0 fully saturated rings. The number of aliphatic carboxylic acids is 1. The molecule has 0 atom stereocenters. The number of nitro benzene ring substituents is 1. The topological polar surface area (TPSA) is 101 Å². The molecule has 17 heavy (non-hydrogen) atoms. The lowest BCUT2D eigenvalue weighted by Crippen LogP contribution is -2.22. The summed E-state index contributed by atoms with van der Waals surface area (Å²) in [4.78, 5) is 21.0. The van der Waals surface area contributed by atoms with Gasteiger partial charge in [0, 0.05) is 17.0 Å². The Hall–Kier alpha value is -2.11. The molecule has 0 spiro atoms. The lowest BCUT2D eigenvalue weighted by Gasteiger charge is -2.22. The Morgan fingerprint density at radius 2 is 2.06 bits per heavy atom. The maximum absolute atomic E-state index is 10.8. The minimum absolute atomic E-state index is 0.121. The van der Waals surface area contributed by atoms with Crippen molar-refractivity contribution in [2.45, 2.75) is 25.7 Å². The van der Waals surface area contributed by atoms with E-state index in [1.165, 1.54) is 18.2 Å². The van der Waals surface area contributed by atoms with Crippen molar-refractivity contribution in [3.8, 4) is 5.75 Å². The Kier molecular flexibility index (Phi) is 3.36. The number of hydrogen-bond acceptors (Lipinski definition) is 4. The summed E-state index contributed by atoms with van der Waals surface area (Å²) in [7, 11) is 0. The fourth-order valence-corrected chi connectivity index (χ4v) is 1.70. The third-order valence-electron chi connectivity index (χ3n) is 2.50. The number of benzene rings is 1. The van der Waals surface area contributed by atoms with Gasteiger partial charge in [0.1, 0.15) is 5.75 Å². The minimum atomic E-state index is -1.05. The molecule has 0 unspecified atom stereocenters. The smallest absolute Gasteiger partial charge is 0.304 e. The van der Waals surface area contributed by atoms with Crippen LogP contribution in [0.3, 0.4) is 0 Å². The van der Waals surface area contributed by atoms with E-state index < -0.39 is 16.3 Å². The Morgan fingerprint density at radius 3 is 2.53 bits per heavy atom. The standard InChI is InChI=1S/C11H13NO5/c1-11(2,6-10(14)15)8-5-7(13)3-4-9(8)12(16)17/h3-5,13H,6H2,1-2H3,(H,14,15). The van der Waals surface area contributed by atoms with Gasteiger partial charge in [0.15, 0.2) is 0 Å². The monoisotopic (exact) mass is 239 g/mol. The second kappa shape index (κ2) is 4.40. The number of rotatable bonds is 4. The van der Waals surface area contributed by atoms with E-state index in [1.54, 1.807) is 13.8 Å². The maximum atomic E-state index is 10.8. The number of nitro groups is 1. The molecule has 0 radical (unpaired) electrons. The summed E-state index contributed by atoms with van der Waals surface area (Å²) in [5.74, 6) is -1.17. The normalized spacial score (nSPS) is 11.2. The molecule has 0 aromatic heterocycles. The van der Waals surface area contributed by atoms with Crippen molar-refractivity contribution in [2.24, 2.45) is 0 Å². The highest BCUT2D eigenvalue weighted by Gasteiger charge is 2.31. The van der Waals surface area contributed by atoms with Crippen molar-refractivity contribution < 1.29 is 19.9 Å². The molecule has 92 valence electrons. The van der Waals surface area contributed by atoms with Crippen LogP contribution in [-0.2, 0) is 10.2 Å². The third kappa shape index (κ3) is 2.93. The summed E-state index contributed by atoms with van der Waals surface area (Å²) in [6, 6.07) is 3.62. The van der Waals surface area contributed by atoms with E-state index in [0.29, 0.717) is 0 Å². The molecule has 1 aromatic carbocycles. The molecule has 1 rings (SSSR count). The van der Waals surface area contributed by atoms with Crippen LogP contribution in [0.4, 0.5) is 5.69 Å². The minimum Gasteiger partial charge on any atom is -0.508 e. The van der Waals surface area contributed by atoms with E-state index in [2.05, 4.69) is 0 Å². The predicted octanol–water partition coefficient (Wildman–Crippen LogP) is 2.05. The van der Waals surface area contributed by atoms with Crippen molar-refractivity contribution in [3.63, 3.8) is 0 Å². The second-order valence-corrected chi connectivity index (χ2v) is 4.41. The Morgan fingerprint density at radius 1 is 1.47 bits per heavy atom. The van der Waals surface area contributed by atoms with Gasteiger partial charge in [-0.25, -0.2) is 0 Å². The molecule has 0 saturated carbocycles. The quantitative estimate of drug-likeness (QED) is 0.618. The van der Waals surface area contributed by atoms with Crippen LogP contribution in [-0.4, -0.2) is 21.1 Å². The number of phenolic OH excluding ortho intramolecular Hbond substituents is 1. The predicted molar refractivity (Wildman–Crippen MR) is 60.0 cm³/mol. The van der Waals surface area contributed by atoms with Gasteiger partial charge in [-0.2, -0.15) is 0 Å². The van der Waals surface area contributed by atoms with E-state index in [0.717, 1.165) is 0 Å². The molecule has 1 aromatic rings. The molecule has 6 nitrogen and oxygen atoms in total. The van der Waals surface area contributed by atoms with Gasteiger partial charge in [0.05, 0.1) is 11.3 Å². The van der Waals surface area contributed by atoms with Crippen LogP contribution >= 0.6 is 0 Å². The molecular formula is C11H13NO5. The summed E-state index contributed by atoms with van der Waals surface area (Å²) in [6.07, 6.45) is -0.253. The zero-order valence-corrected chi connectivity index (χ0v) is 9.51. The fourth-order valence-electron chi connectivity index (χ4n) is 1.70. The molecule has 6 heteroatoms. The summed E-state index contributed by atoms with van der Waals surface area (Å²) in [6.45, 7) is 3.17. The van der Waals surface area contributed by atoms with Gasteiger partial charge in [-0.1, -0.05) is 13.8 Å². The van der Waals surface area contributed by atoms with Crippen LogP contribution in [0.5, 0.6) is 5.75 Å². The van der Waals surface area contributed by atoms with Gasteiger partial charge < -0.3 is 10.2 Å². The zero-order valence-electron chi connectivity index (χ0n) is 9.51. The summed E-state index contributed by atoms with van der Waals surface area (Å²) in [5, 5.41) is 29.0. The van der Waals surface area contributed by atoms with Crippen LogP contribution in [0.15, 0.2) is 18.2 Å². The average Bonchev–Trinajstić information content (AvgIpc) is 2.14. The second-order valence-electron chi connectivity index (χ2n) is 4.41. The number of phenols is 1. The highest BCUT2D eigenvalue weighted by molar-refractivity contribution is 5.69. The summed E-state index contributed by atoms with van der Waals surface area (Å²) in [5.41, 5.74) is -0.897. The Balaban J connectivity index is 3.32. The van der Waals surface area contributed by atoms with Crippen molar-refractivity contribution in [3.05, 3.63) is 33.9 Å². The molecule has 0 aliphatic rings. The van der Waals surface area contributed by atoms with E-state index in [9.17, 15) is 20.0 Å². The molecule has 0 bridgehead atoms. The van der Waals surface area contributed by atoms with Gasteiger partial charge in [-0.15, -0.1) is 0 Å². The number of carboxylic acids is 1. The first kappa shape index (κ1) is 13.0. The van der Waals surface area contributed by atoms with Crippen LogP contribution < -0.4 is 0 Å². The lowest BCUT2D eigenvalue weighted by atomic mass is 9.80. The average molecular weight is 239 g/mol. The highest BCUT2D eigenvalue weighted by Crippen LogP contribution is 2.36. The largest absolute Gasteiger partial charge is 0.508 e. The number of nitrogens with zero attached hydrogens (tertiary/aromatic N) is 1. The maximum Gasteiger partial charge on any atom is 0.304 e. The number of carboxylic acid groups (broad SMARTS) is 1. The fraction of sp³-hybridized carbons (Fsp3) is 0.364. The zero-order chi connectivity index (χ0) is 13.2. The third-order valence-corrected chi connectivity index (χ3v) is 2.50. The van der Waals surface area contributed by atoms with Crippen molar-refractivity contribution in [2.75, 3.05) is 0 Å². The first-order valence-electron chi connectivity index (χ1n) is 4.94. The summed E-state index contributed by atoms with van der Waals surface area (Å²) >= 11 is 0. The Labute approximate surface area is 97.7 Å². The van der Waals surface area contributed by atoms with Crippen LogP contribution in [0, 0.1) is 10.1 Å². The first-order valence-corrected chi connectivity index (χ1v) is 4.94. The molecule has 2 N–H and O–H groups in total. The van der Waals surface area contributed by atoms with Crippen LogP contribution in [0.1, 0.15) is 25.8 Å². The van der Waals surface area contributed by atoms with Crippen molar-refractivity contribution in [1.29, 1.82) is 0 Å². The van der Waals surface area contributed by atoms with Gasteiger partial charge >= 0.3 is 5.97 Å². The van der Waals surface area contributed by atoms with E-state index >= 15 is 0 Å². The van der Waals surface area contributed by atoms with Crippen molar-refractivity contribution in [1.82, 2.24) is 0 Å². The summed E-state index contributed by atoms with van der Waals surface area (Å²) < 4.78 is 0. The van der Waals surface area contributed by atoms with Crippen LogP contribution in [0.2, 0.25) is 0 Å². The van der Waals surface area contributed by atoms with Gasteiger partial charge in [-0.05, 0) is 12.1 Å². The van der Waals surface area contributed by atoms with Gasteiger partial charge in [0.25, 0.3) is 5.69 Å². The Bertz CT molecular complexity index is 467. The SMILES string of the molecule is CC(C)(CC(=O)O)c1cc(O)ccc1[N+](=O)[O-]. The van der Waals surface area contributed by atoms with Gasteiger partial charge in [-0.3, -0.25) is 14.9 Å². The number of hydrogen-bond donors (Lipinski definition) is 2. The molecule has 0 aliphatic heterocycles. The molecule has 0 heterocycles. The van der Waals surface area contributed by atoms with E-state index in [-0.39, 0.29) is 23.4 Å². The van der Waals surface area contributed by atoms with Gasteiger partial charge in [0.2, 0.25) is 0 Å². The lowest BCUT2D eigenvalue weighted by molar-refractivity contribution is -0.386. The van der Waals surface area contributed by atoms with Crippen LogP contribution in [0.25, 0.3) is 0 Å². The molecule has 0 amide bonds. The molecule has 0 saturated heterocycles.